The molecule has 2 fully saturated rings. The van der Waals surface area contributed by atoms with E-state index in [9.17, 15) is 0 Å². The summed E-state index contributed by atoms with van der Waals surface area (Å²) < 4.78 is 17.9. The van der Waals surface area contributed by atoms with Gasteiger partial charge in [0.2, 0.25) is 0 Å². The smallest absolute Gasteiger partial charge is 0.191 e. The summed E-state index contributed by atoms with van der Waals surface area (Å²) in [5.41, 5.74) is 1.08. The molecule has 1 saturated carbocycles. The fourth-order valence-corrected chi connectivity index (χ4v) is 4.36. The van der Waals surface area contributed by atoms with Crippen LogP contribution in [-0.4, -0.2) is 70.0 Å². The highest BCUT2D eigenvalue weighted by atomic mass is 16.5. The largest absolute Gasteiger partial charge is 0.493 e. The van der Waals surface area contributed by atoms with Gasteiger partial charge in [-0.1, -0.05) is 26.0 Å². The summed E-state index contributed by atoms with van der Waals surface area (Å²) in [7, 11) is 3.49. The molecule has 3 rings (SSSR count). The molecule has 7 heteroatoms. The molecule has 0 spiro atoms. The molecule has 1 aliphatic heterocycles. The lowest BCUT2D eigenvalue weighted by atomic mass is 10.1. The topological polar surface area (TPSA) is 67.4 Å². The minimum atomic E-state index is 0.170. The number of nitrogens with zero attached hydrogens (tertiary/aromatic N) is 2. The van der Waals surface area contributed by atoms with E-state index >= 15 is 0 Å². The zero-order valence-electron chi connectivity index (χ0n) is 19.7. The second-order valence-corrected chi connectivity index (χ2v) is 8.93. The number of ether oxygens (including phenoxy) is 3. The zero-order chi connectivity index (χ0) is 22.1. The monoisotopic (exact) mass is 432 g/mol. The highest BCUT2D eigenvalue weighted by Crippen LogP contribution is 2.34. The van der Waals surface area contributed by atoms with Gasteiger partial charge in [-0.3, -0.25) is 9.89 Å². The highest BCUT2D eigenvalue weighted by molar-refractivity contribution is 5.79. The normalized spacial score (nSPS) is 20.8. The van der Waals surface area contributed by atoms with Crippen LogP contribution in [0.3, 0.4) is 0 Å². The molecular weight excluding hydrogens is 392 g/mol. The summed E-state index contributed by atoms with van der Waals surface area (Å²) in [5.74, 6) is 3.07. The Hall–Kier alpha value is -1.99. The maximum Gasteiger partial charge on any atom is 0.191 e. The van der Waals surface area contributed by atoms with Crippen LogP contribution in [0.15, 0.2) is 23.2 Å². The van der Waals surface area contributed by atoms with Crippen LogP contribution in [0.25, 0.3) is 0 Å². The predicted octanol–water partition coefficient (Wildman–Crippen LogP) is 3.04. The number of morpholine rings is 1. The Kier molecular flexibility index (Phi) is 9.28. The molecule has 174 valence electrons. The Labute approximate surface area is 187 Å². The quantitative estimate of drug-likeness (QED) is 0.462. The second kappa shape index (κ2) is 12.2. The Morgan fingerprint density at radius 3 is 2.77 bits per heavy atom. The molecule has 1 saturated heterocycles. The summed E-state index contributed by atoms with van der Waals surface area (Å²) in [4.78, 5) is 6.87. The fraction of sp³-hybridized carbons (Fsp3) is 0.708. The van der Waals surface area contributed by atoms with Crippen molar-refractivity contribution in [2.45, 2.75) is 58.3 Å². The van der Waals surface area contributed by atoms with Crippen molar-refractivity contribution < 1.29 is 14.2 Å². The van der Waals surface area contributed by atoms with Crippen molar-refractivity contribution in [2.24, 2.45) is 10.9 Å². The van der Waals surface area contributed by atoms with Crippen LogP contribution < -0.4 is 20.1 Å². The number of aliphatic imine (C=N–C) groups is 1. The van der Waals surface area contributed by atoms with Crippen molar-refractivity contribution in [3.05, 3.63) is 23.8 Å². The molecule has 0 aromatic heterocycles. The Balaban J connectivity index is 1.53. The van der Waals surface area contributed by atoms with E-state index in [-0.39, 0.29) is 12.2 Å². The first kappa shape index (κ1) is 23.7. The predicted molar refractivity (Wildman–Crippen MR) is 125 cm³/mol. The first-order valence-electron chi connectivity index (χ1n) is 11.7. The minimum Gasteiger partial charge on any atom is -0.493 e. The third-order valence-electron chi connectivity index (χ3n) is 5.88. The number of benzene rings is 1. The summed E-state index contributed by atoms with van der Waals surface area (Å²) in [6, 6.07) is 6.05. The van der Waals surface area contributed by atoms with Crippen molar-refractivity contribution in [1.82, 2.24) is 15.5 Å². The first-order chi connectivity index (χ1) is 15.1. The van der Waals surface area contributed by atoms with Gasteiger partial charge < -0.3 is 24.8 Å². The molecule has 0 radical (unpaired) electrons. The van der Waals surface area contributed by atoms with E-state index in [1.807, 2.05) is 12.1 Å². The number of guanidine groups is 1. The van der Waals surface area contributed by atoms with Crippen LogP contribution in [0.1, 0.15) is 45.1 Å². The SMILES string of the molecule is CN=C(NCc1cccc(OC)c1OC1CCCC1)NCC1CN(CC(C)C)CCO1. The molecule has 1 aliphatic carbocycles. The van der Waals surface area contributed by atoms with Crippen molar-refractivity contribution in [2.75, 3.05) is 46.9 Å². The third kappa shape index (κ3) is 7.28. The Bertz CT molecular complexity index is 704. The van der Waals surface area contributed by atoms with Gasteiger partial charge in [0.25, 0.3) is 0 Å². The average molecular weight is 433 g/mol. The van der Waals surface area contributed by atoms with Gasteiger partial charge >= 0.3 is 0 Å². The molecule has 31 heavy (non-hydrogen) atoms. The molecule has 2 aliphatic rings. The zero-order valence-corrected chi connectivity index (χ0v) is 19.7. The van der Waals surface area contributed by atoms with Gasteiger partial charge in [0.15, 0.2) is 17.5 Å². The number of nitrogens with one attached hydrogen (secondary N) is 2. The summed E-state index contributed by atoms with van der Waals surface area (Å²) in [5, 5.41) is 6.84. The van der Waals surface area contributed by atoms with Crippen LogP contribution >= 0.6 is 0 Å². The molecular formula is C24H40N4O3. The number of para-hydroxylation sites is 1. The van der Waals surface area contributed by atoms with E-state index in [1.165, 1.54) is 12.8 Å². The molecule has 7 nitrogen and oxygen atoms in total. The van der Waals surface area contributed by atoms with Crippen molar-refractivity contribution in [1.29, 1.82) is 0 Å². The molecule has 1 heterocycles. The van der Waals surface area contributed by atoms with Gasteiger partial charge in [-0.15, -0.1) is 0 Å². The molecule has 1 aromatic carbocycles. The molecule has 0 amide bonds. The highest BCUT2D eigenvalue weighted by Gasteiger charge is 2.22. The lowest BCUT2D eigenvalue weighted by molar-refractivity contribution is -0.0284. The maximum atomic E-state index is 6.34. The number of rotatable bonds is 9. The van der Waals surface area contributed by atoms with Gasteiger partial charge in [0.05, 0.1) is 25.9 Å². The number of hydrogen-bond donors (Lipinski definition) is 2. The van der Waals surface area contributed by atoms with Crippen LogP contribution in [0, 0.1) is 5.92 Å². The van der Waals surface area contributed by atoms with E-state index < -0.39 is 0 Å². The summed E-state index contributed by atoms with van der Waals surface area (Å²) >= 11 is 0. The lowest BCUT2D eigenvalue weighted by Gasteiger charge is -2.34. The molecule has 1 aromatic rings. The van der Waals surface area contributed by atoms with Crippen molar-refractivity contribution in [3.63, 3.8) is 0 Å². The molecule has 0 bridgehead atoms. The van der Waals surface area contributed by atoms with Crippen LogP contribution in [0.2, 0.25) is 0 Å². The van der Waals surface area contributed by atoms with Gasteiger partial charge in [0.1, 0.15) is 0 Å². The minimum absolute atomic E-state index is 0.170. The van der Waals surface area contributed by atoms with Crippen molar-refractivity contribution >= 4 is 5.96 Å². The van der Waals surface area contributed by atoms with E-state index in [1.54, 1.807) is 14.2 Å². The Morgan fingerprint density at radius 1 is 1.26 bits per heavy atom. The van der Waals surface area contributed by atoms with Crippen LogP contribution in [-0.2, 0) is 11.3 Å². The van der Waals surface area contributed by atoms with Crippen molar-refractivity contribution in [3.8, 4) is 11.5 Å². The fourth-order valence-electron chi connectivity index (χ4n) is 4.36. The van der Waals surface area contributed by atoms with E-state index in [2.05, 4.69) is 40.4 Å². The number of methoxy groups -OCH3 is 1. The van der Waals surface area contributed by atoms with Gasteiger partial charge in [-0.2, -0.15) is 0 Å². The second-order valence-electron chi connectivity index (χ2n) is 8.93. The van der Waals surface area contributed by atoms with Gasteiger partial charge in [-0.05, 0) is 37.7 Å². The average Bonchev–Trinajstić information content (AvgIpc) is 3.27. The summed E-state index contributed by atoms with van der Waals surface area (Å²) in [6.07, 6.45) is 5.16. The van der Waals surface area contributed by atoms with E-state index in [0.29, 0.717) is 12.5 Å². The molecule has 1 unspecified atom stereocenters. The molecule has 2 N–H and O–H groups in total. The number of hydrogen-bond acceptors (Lipinski definition) is 5. The summed E-state index contributed by atoms with van der Waals surface area (Å²) in [6.45, 7) is 9.75. The lowest BCUT2D eigenvalue weighted by Crippen LogP contribution is -2.50. The molecule has 1 atom stereocenters. The first-order valence-corrected chi connectivity index (χ1v) is 11.7. The maximum absolute atomic E-state index is 6.34. The van der Waals surface area contributed by atoms with E-state index in [0.717, 1.165) is 68.6 Å². The van der Waals surface area contributed by atoms with Gasteiger partial charge in [-0.25, -0.2) is 0 Å². The van der Waals surface area contributed by atoms with Gasteiger partial charge in [0, 0.05) is 45.3 Å². The Morgan fingerprint density at radius 2 is 2.06 bits per heavy atom. The van der Waals surface area contributed by atoms with Crippen LogP contribution in [0.5, 0.6) is 11.5 Å². The van der Waals surface area contributed by atoms with Crippen LogP contribution in [0.4, 0.5) is 0 Å². The third-order valence-corrected chi connectivity index (χ3v) is 5.88. The van der Waals surface area contributed by atoms with E-state index in [4.69, 9.17) is 14.2 Å². The standard InChI is InChI=1S/C24H40N4O3/c1-18(2)16-28-12-13-30-21(17-28)15-27-24(25-3)26-14-19-8-7-11-22(29-4)23(19)31-20-9-5-6-10-20/h7-8,11,18,20-21H,5-6,9-10,12-17H2,1-4H3,(H2,25,26,27).